The van der Waals surface area contributed by atoms with E-state index in [2.05, 4.69) is 15.3 Å². The van der Waals surface area contributed by atoms with E-state index in [1.807, 2.05) is 0 Å². The molecule has 5 unspecified atom stereocenters. The maximum absolute atomic E-state index is 12.2. The molecule has 0 amide bonds. The molecular formula is C23H22Cl2N4O7S2. The Morgan fingerprint density at radius 1 is 1.05 bits per heavy atom. The fourth-order valence-electron chi connectivity index (χ4n) is 3.84. The molecule has 0 N–H and O–H groups in total. The number of thioether (sulfide) groups is 1. The van der Waals surface area contributed by atoms with Gasteiger partial charge in [-0.1, -0.05) is 40.2 Å². The Hall–Kier alpha value is -2.71. The Bertz CT molecular complexity index is 1310. The van der Waals surface area contributed by atoms with Crippen molar-refractivity contribution < 1.29 is 33.3 Å². The highest BCUT2D eigenvalue weighted by Gasteiger charge is 2.52. The van der Waals surface area contributed by atoms with Crippen molar-refractivity contribution in [2.75, 3.05) is 6.61 Å². The van der Waals surface area contributed by atoms with E-state index in [9.17, 15) is 14.4 Å². The highest BCUT2D eigenvalue weighted by Crippen LogP contribution is 2.42. The van der Waals surface area contributed by atoms with Gasteiger partial charge in [0.2, 0.25) is 0 Å². The van der Waals surface area contributed by atoms with Gasteiger partial charge in [-0.15, -0.1) is 16.4 Å². The van der Waals surface area contributed by atoms with Gasteiger partial charge in [0, 0.05) is 31.0 Å². The minimum absolute atomic E-state index is 0.233. The Morgan fingerprint density at radius 3 is 2.42 bits per heavy atom. The van der Waals surface area contributed by atoms with Gasteiger partial charge in [0.25, 0.3) is 0 Å². The van der Waals surface area contributed by atoms with Crippen molar-refractivity contribution in [3.05, 3.63) is 45.3 Å². The SMILES string of the molecule is CC(=O)OCC1OC(Sc2ccc(Cl)c(Cl)c2)C(OC(C)=O)C(n2cc(-c3cscn3)nn2)C1OC(C)=O. The van der Waals surface area contributed by atoms with E-state index in [0.717, 1.165) is 0 Å². The van der Waals surface area contributed by atoms with Gasteiger partial charge in [-0.2, -0.15) is 0 Å². The molecule has 2 aromatic heterocycles. The number of hydrogen-bond acceptors (Lipinski definition) is 12. The second kappa shape index (κ2) is 12.4. The lowest BCUT2D eigenvalue weighted by molar-refractivity contribution is -0.212. The standard InChI is InChI=1S/C23H22Cl2N4O7S2/c1-11(30)33-8-19-21(34-12(2)31)20(29-7-17(27-28-29)18-9-37-10-26-18)22(35-13(3)32)23(36-19)38-14-4-5-15(24)16(25)6-14/h4-7,9-10,19-23H,8H2,1-3H3. The van der Waals surface area contributed by atoms with E-state index in [1.165, 1.54) is 48.6 Å². The van der Waals surface area contributed by atoms with Crippen LogP contribution in [0, 0.1) is 0 Å². The summed E-state index contributed by atoms with van der Waals surface area (Å²) in [6, 6.07) is 4.10. The van der Waals surface area contributed by atoms with Gasteiger partial charge >= 0.3 is 17.9 Å². The normalized spacial score (nSPS) is 23.0. The molecule has 1 fully saturated rings. The number of halogens is 2. The summed E-state index contributed by atoms with van der Waals surface area (Å²) in [4.78, 5) is 41.0. The molecule has 4 rings (SSSR count). The molecule has 38 heavy (non-hydrogen) atoms. The number of ether oxygens (including phenoxy) is 4. The van der Waals surface area contributed by atoms with Crippen molar-refractivity contribution in [1.29, 1.82) is 0 Å². The van der Waals surface area contributed by atoms with Crippen LogP contribution >= 0.6 is 46.3 Å². The summed E-state index contributed by atoms with van der Waals surface area (Å²) < 4.78 is 24.3. The summed E-state index contributed by atoms with van der Waals surface area (Å²) in [7, 11) is 0. The van der Waals surface area contributed by atoms with Crippen LogP contribution in [0.3, 0.4) is 0 Å². The fraction of sp³-hybridized carbons (Fsp3) is 0.391. The Balaban J connectivity index is 1.78. The van der Waals surface area contributed by atoms with Crippen LogP contribution in [0.4, 0.5) is 0 Å². The van der Waals surface area contributed by atoms with Gasteiger partial charge in [0.05, 0.1) is 21.8 Å². The van der Waals surface area contributed by atoms with Gasteiger partial charge < -0.3 is 18.9 Å². The summed E-state index contributed by atoms with van der Waals surface area (Å²) in [6.07, 6.45) is -1.41. The van der Waals surface area contributed by atoms with E-state index in [0.29, 0.717) is 26.3 Å². The smallest absolute Gasteiger partial charge is 0.303 e. The van der Waals surface area contributed by atoms with Crippen molar-refractivity contribution >= 4 is 64.2 Å². The number of carbonyl (C=O) groups is 3. The first-order valence-corrected chi connectivity index (χ1v) is 13.8. The third-order valence-corrected chi connectivity index (χ3v) is 7.79. The molecule has 1 aliphatic heterocycles. The van der Waals surface area contributed by atoms with Crippen LogP contribution in [-0.4, -0.2) is 68.2 Å². The van der Waals surface area contributed by atoms with Gasteiger partial charge in [-0.25, -0.2) is 9.67 Å². The van der Waals surface area contributed by atoms with Crippen LogP contribution in [0.15, 0.2) is 40.2 Å². The van der Waals surface area contributed by atoms with Gasteiger partial charge in [0.15, 0.2) is 12.2 Å². The van der Waals surface area contributed by atoms with Crippen molar-refractivity contribution in [1.82, 2.24) is 20.0 Å². The van der Waals surface area contributed by atoms with Crippen LogP contribution in [0.1, 0.15) is 26.8 Å². The van der Waals surface area contributed by atoms with Crippen molar-refractivity contribution in [2.45, 2.75) is 55.5 Å². The topological polar surface area (TPSA) is 132 Å². The molecule has 15 heteroatoms. The zero-order valence-electron chi connectivity index (χ0n) is 20.3. The van der Waals surface area contributed by atoms with Gasteiger partial charge in [-0.3, -0.25) is 14.4 Å². The number of esters is 3. The first kappa shape index (κ1) is 28.3. The largest absolute Gasteiger partial charge is 0.463 e. The highest BCUT2D eigenvalue weighted by atomic mass is 35.5. The van der Waals surface area contributed by atoms with E-state index < -0.39 is 47.7 Å². The maximum atomic E-state index is 12.2. The summed E-state index contributed by atoms with van der Waals surface area (Å²) in [5.41, 5.74) is 1.86. The van der Waals surface area contributed by atoms with Gasteiger partial charge in [-0.05, 0) is 18.2 Å². The second-order valence-electron chi connectivity index (χ2n) is 8.14. The first-order valence-electron chi connectivity index (χ1n) is 11.2. The van der Waals surface area contributed by atoms with E-state index in [-0.39, 0.29) is 6.61 Å². The van der Waals surface area contributed by atoms with Crippen molar-refractivity contribution in [3.63, 3.8) is 0 Å². The van der Waals surface area contributed by atoms with E-state index in [1.54, 1.807) is 35.3 Å². The lowest BCUT2D eigenvalue weighted by atomic mass is 9.96. The van der Waals surface area contributed by atoms with Gasteiger partial charge in [0.1, 0.15) is 35.6 Å². The fourth-order valence-corrected chi connectivity index (χ4v) is 5.90. The summed E-state index contributed by atoms with van der Waals surface area (Å²) >= 11 is 14.9. The minimum atomic E-state index is -1.06. The Kier molecular flexibility index (Phi) is 9.26. The van der Waals surface area contributed by atoms with Crippen LogP contribution < -0.4 is 0 Å². The van der Waals surface area contributed by atoms with Crippen molar-refractivity contribution in [3.8, 4) is 11.4 Å². The minimum Gasteiger partial charge on any atom is -0.463 e. The summed E-state index contributed by atoms with van der Waals surface area (Å²) in [6.45, 7) is 3.51. The number of benzene rings is 1. The molecule has 3 heterocycles. The Morgan fingerprint density at radius 2 is 1.79 bits per heavy atom. The van der Waals surface area contributed by atoms with Crippen LogP contribution in [0.25, 0.3) is 11.4 Å². The van der Waals surface area contributed by atoms with Crippen LogP contribution in [0.2, 0.25) is 10.0 Å². The van der Waals surface area contributed by atoms with Crippen molar-refractivity contribution in [2.24, 2.45) is 0 Å². The molecular weight excluding hydrogens is 579 g/mol. The van der Waals surface area contributed by atoms with E-state index in [4.69, 9.17) is 42.1 Å². The zero-order valence-corrected chi connectivity index (χ0v) is 23.4. The highest BCUT2D eigenvalue weighted by molar-refractivity contribution is 7.99. The molecule has 3 aromatic rings. The Labute approximate surface area is 235 Å². The average molecular weight is 601 g/mol. The molecule has 0 bridgehead atoms. The number of aromatic nitrogens is 4. The number of rotatable bonds is 8. The predicted molar refractivity (Wildman–Crippen MR) is 139 cm³/mol. The number of carbonyl (C=O) groups excluding carboxylic acids is 3. The molecule has 5 atom stereocenters. The lowest BCUT2D eigenvalue weighted by Gasteiger charge is -2.44. The summed E-state index contributed by atoms with van der Waals surface area (Å²) in [5, 5.41) is 10.9. The molecule has 0 spiro atoms. The lowest BCUT2D eigenvalue weighted by Crippen LogP contribution is -2.57. The molecule has 202 valence electrons. The predicted octanol–water partition coefficient (Wildman–Crippen LogP) is 4.19. The number of hydrogen-bond donors (Lipinski definition) is 0. The quantitative estimate of drug-likeness (QED) is 0.272. The van der Waals surface area contributed by atoms with Crippen LogP contribution in [0.5, 0.6) is 0 Å². The molecule has 0 radical (unpaired) electrons. The molecule has 0 saturated carbocycles. The molecule has 0 aliphatic carbocycles. The van der Waals surface area contributed by atoms with Crippen LogP contribution in [-0.2, 0) is 33.3 Å². The first-order chi connectivity index (χ1) is 18.1. The second-order valence-corrected chi connectivity index (χ2v) is 10.8. The molecule has 1 aromatic carbocycles. The molecule has 1 saturated heterocycles. The average Bonchev–Trinajstić information content (AvgIpc) is 3.54. The molecule has 11 nitrogen and oxygen atoms in total. The number of thiazole rings is 1. The summed E-state index contributed by atoms with van der Waals surface area (Å²) in [5.74, 6) is -1.76. The molecule has 1 aliphatic rings. The third kappa shape index (κ3) is 6.83. The zero-order chi connectivity index (χ0) is 27.4. The van der Waals surface area contributed by atoms with E-state index >= 15 is 0 Å². The maximum Gasteiger partial charge on any atom is 0.303 e. The number of nitrogens with zero attached hydrogens (tertiary/aromatic N) is 4. The third-order valence-electron chi connectivity index (χ3n) is 5.33. The monoisotopic (exact) mass is 600 g/mol.